The van der Waals surface area contributed by atoms with Crippen molar-refractivity contribution in [1.82, 2.24) is 20.0 Å². The van der Waals surface area contributed by atoms with Crippen molar-refractivity contribution in [3.05, 3.63) is 39.8 Å². The van der Waals surface area contributed by atoms with Crippen molar-refractivity contribution < 1.29 is 14.3 Å². The number of likely N-dealkylation sites (tertiary alicyclic amines) is 1. The predicted molar refractivity (Wildman–Crippen MR) is 111 cm³/mol. The number of H-pyrrole nitrogens is 1. The topological polar surface area (TPSA) is 78.5 Å². The van der Waals surface area contributed by atoms with Crippen LogP contribution in [0.4, 0.5) is 0 Å². The fourth-order valence-electron chi connectivity index (χ4n) is 4.26. The summed E-state index contributed by atoms with van der Waals surface area (Å²) in [7, 11) is 0. The van der Waals surface area contributed by atoms with Crippen LogP contribution in [0.2, 0.25) is 0 Å². The van der Waals surface area contributed by atoms with Crippen LogP contribution in [0.1, 0.15) is 46.6 Å². The summed E-state index contributed by atoms with van der Waals surface area (Å²) < 4.78 is 5.35. The van der Waals surface area contributed by atoms with Crippen molar-refractivity contribution in [2.24, 2.45) is 5.92 Å². The third-order valence-corrected chi connectivity index (χ3v) is 6.75. The van der Waals surface area contributed by atoms with Gasteiger partial charge < -0.3 is 14.5 Å². The number of carbonyl (C=O) groups is 2. The molecule has 4 heterocycles. The van der Waals surface area contributed by atoms with Gasteiger partial charge in [-0.15, -0.1) is 11.3 Å². The largest absolute Gasteiger partial charge is 0.378 e. The molecular formula is C21H28N4O3S. The molecule has 0 aliphatic carbocycles. The van der Waals surface area contributed by atoms with Gasteiger partial charge in [0.25, 0.3) is 5.91 Å². The number of nitrogens with zero attached hydrogens (tertiary/aromatic N) is 3. The second kappa shape index (κ2) is 9.09. The second-order valence-corrected chi connectivity index (χ2v) is 8.94. The average Bonchev–Trinajstić information content (AvgIpc) is 3.45. The van der Waals surface area contributed by atoms with Crippen molar-refractivity contribution in [3.63, 3.8) is 0 Å². The highest BCUT2D eigenvalue weighted by Crippen LogP contribution is 2.30. The average molecular weight is 417 g/mol. The Bertz CT molecular complexity index is 829. The first-order valence-electron chi connectivity index (χ1n) is 10.3. The number of aromatic nitrogens is 2. The number of ether oxygens (including phenoxy) is 1. The van der Waals surface area contributed by atoms with Crippen molar-refractivity contribution in [3.8, 4) is 0 Å². The minimum absolute atomic E-state index is 0.00608. The van der Waals surface area contributed by atoms with E-state index < -0.39 is 0 Å². The molecule has 2 atom stereocenters. The molecule has 0 saturated carbocycles. The van der Waals surface area contributed by atoms with Crippen LogP contribution >= 0.6 is 11.3 Å². The van der Waals surface area contributed by atoms with Gasteiger partial charge in [-0.2, -0.15) is 5.10 Å². The highest BCUT2D eigenvalue weighted by atomic mass is 32.1. The number of hydrogen-bond acceptors (Lipinski definition) is 5. The summed E-state index contributed by atoms with van der Waals surface area (Å²) >= 11 is 1.70. The van der Waals surface area contributed by atoms with Crippen LogP contribution in [0, 0.1) is 5.92 Å². The highest BCUT2D eigenvalue weighted by molar-refractivity contribution is 7.09. The van der Waals surface area contributed by atoms with E-state index in [4.69, 9.17) is 4.74 Å². The monoisotopic (exact) mass is 416 g/mol. The zero-order chi connectivity index (χ0) is 20.2. The number of morpholine rings is 1. The van der Waals surface area contributed by atoms with Crippen molar-refractivity contribution in [2.45, 2.75) is 32.1 Å². The maximum atomic E-state index is 13.0. The van der Waals surface area contributed by atoms with Crippen LogP contribution in [-0.4, -0.2) is 71.2 Å². The number of amides is 2. The molecule has 2 aromatic heterocycles. The van der Waals surface area contributed by atoms with Gasteiger partial charge in [-0.1, -0.05) is 13.0 Å². The summed E-state index contributed by atoms with van der Waals surface area (Å²) in [5.41, 5.74) is 1.50. The van der Waals surface area contributed by atoms with E-state index in [1.54, 1.807) is 17.5 Å². The zero-order valence-electron chi connectivity index (χ0n) is 16.8. The number of nitrogens with one attached hydrogen (secondary N) is 1. The zero-order valence-corrected chi connectivity index (χ0v) is 17.6. The third kappa shape index (κ3) is 4.53. The molecule has 2 amide bonds. The minimum atomic E-state index is -0.0383. The van der Waals surface area contributed by atoms with Crippen LogP contribution in [-0.2, 0) is 16.0 Å². The molecule has 0 radical (unpaired) electrons. The van der Waals surface area contributed by atoms with Gasteiger partial charge >= 0.3 is 0 Å². The molecule has 29 heavy (non-hydrogen) atoms. The van der Waals surface area contributed by atoms with Gasteiger partial charge in [0.15, 0.2) is 0 Å². The lowest BCUT2D eigenvalue weighted by molar-refractivity contribution is -0.136. The number of aromatic amines is 1. The normalized spacial score (nSPS) is 21.2. The Kier molecular flexibility index (Phi) is 6.30. The van der Waals surface area contributed by atoms with Gasteiger partial charge in [0.05, 0.1) is 30.7 Å². The van der Waals surface area contributed by atoms with E-state index in [-0.39, 0.29) is 23.7 Å². The summed E-state index contributed by atoms with van der Waals surface area (Å²) in [5.74, 6) is 0.281. The summed E-state index contributed by atoms with van der Waals surface area (Å²) in [5, 5.41) is 9.27. The van der Waals surface area contributed by atoms with E-state index in [9.17, 15) is 9.59 Å². The first kappa shape index (κ1) is 20.1. The molecule has 2 saturated heterocycles. The predicted octanol–water partition coefficient (Wildman–Crippen LogP) is 2.53. The van der Waals surface area contributed by atoms with E-state index in [1.165, 1.54) is 4.88 Å². The summed E-state index contributed by atoms with van der Waals surface area (Å²) in [6, 6.07) is 4.11. The van der Waals surface area contributed by atoms with Crippen LogP contribution in [0.3, 0.4) is 0 Å². The molecular weight excluding hydrogens is 388 g/mol. The van der Waals surface area contributed by atoms with Crippen LogP contribution in [0.5, 0.6) is 0 Å². The van der Waals surface area contributed by atoms with Crippen molar-refractivity contribution in [2.75, 3.05) is 39.4 Å². The standard InChI is InChI=1S/C21H28N4O3S/c1-15(12-17-5-3-11-29-17)20(26)25-6-2-4-16(14-25)19-18(13-22-23-19)21(27)24-7-9-28-10-8-24/h3,5,11,13,15-16H,2,4,6-10,12,14H2,1H3,(H,22,23)/t15-,16+/m0/s1. The van der Waals surface area contributed by atoms with Crippen molar-refractivity contribution >= 4 is 23.2 Å². The van der Waals surface area contributed by atoms with Gasteiger partial charge in [0.2, 0.25) is 5.91 Å². The van der Waals surface area contributed by atoms with E-state index in [2.05, 4.69) is 21.6 Å². The molecule has 7 nitrogen and oxygen atoms in total. The van der Waals surface area contributed by atoms with Crippen molar-refractivity contribution in [1.29, 1.82) is 0 Å². The Hall–Kier alpha value is -2.19. The van der Waals surface area contributed by atoms with E-state index in [0.29, 0.717) is 38.4 Å². The van der Waals surface area contributed by atoms with Crippen LogP contribution in [0.15, 0.2) is 23.7 Å². The first-order chi connectivity index (χ1) is 14.1. The molecule has 2 aliphatic rings. The molecule has 1 N–H and O–H groups in total. The maximum Gasteiger partial charge on any atom is 0.257 e. The Morgan fingerprint density at radius 3 is 2.90 bits per heavy atom. The van der Waals surface area contributed by atoms with E-state index >= 15 is 0 Å². The smallest absolute Gasteiger partial charge is 0.257 e. The van der Waals surface area contributed by atoms with E-state index in [0.717, 1.165) is 31.5 Å². The number of carbonyl (C=O) groups excluding carboxylic acids is 2. The summed E-state index contributed by atoms with van der Waals surface area (Å²) in [6.07, 6.45) is 4.30. The Balaban J connectivity index is 1.43. The lowest BCUT2D eigenvalue weighted by Gasteiger charge is -2.34. The molecule has 0 unspecified atom stereocenters. The van der Waals surface area contributed by atoms with Crippen LogP contribution < -0.4 is 0 Å². The molecule has 0 aromatic carbocycles. The summed E-state index contributed by atoms with van der Waals surface area (Å²) in [4.78, 5) is 31.0. The molecule has 0 spiro atoms. The Morgan fingerprint density at radius 1 is 1.31 bits per heavy atom. The number of piperidine rings is 1. The SMILES string of the molecule is C[C@@H](Cc1cccs1)C(=O)N1CCC[C@@H](c2[nH]ncc2C(=O)N2CCOCC2)C1. The minimum Gasteiger partial charge on any atom is -0.378 e. The Labute approximate surface area is 175 Å². The molecule has 2 aliphatic heterocycles. The number of rotatable bonds is 5. The number of hydrogen-bond donors (Lipinski definition) is 1. The molecule has 2 aromatic rings. The van der Waals surface area contributed by atoms with Crippen LogP contribution in [0.25, 0.3) is 0 Å². The quantitative estimate of drug-likeness (QED) is 0.812. The van der Waals surface area contributed by atoms with Gasteiger partial charge in [-0.05, 0) is 30.7 Å². The molecule has 8 heteroatoms. The van der Waals surface area contributed by atoms with Gasteiger partial charge in [-0.25, -0.2) is 0 Å². The maximum absolute atomic E-state index is 13.0. The highest BCUT2D eigenvalue weighted by Gasteiger charge is 2.32. The molecule has 0 bridgehead atoms. The van der Waals surface area contributed by atoms with Gasteiger partial charge in [0.1, 0.15) is 0 Å². The Morgan fingerprint density at radius 2 is 2.14 bits per heavy atom. The number of thiophene rings is 1. The second-order valence-electron chi connectivity index (χ2n) is 7.91. The molecule has 156 valence electrons. The molecule has 4 rings (SSSR count). The lowest BCUT2D eigenvalue weighted by atomic mass is 9.91. The summed E-state index contributed by atoms with van der Waals surface area (Å²) in [6.45, 7) is 5.80. The molecule has 2 fully saturated rings. The fraction of sp³-hybridized carbons (Fsp3) is 0.571. The van der Waals surface area contributed by atoms with Gasteiger partial charge in [-0.3, -0.25) is 14.7 Å². The lowest BCUT2D eigenvalue weighted by Crippen LogP contribution is -2.43. The fourth-order valence-corrected chi connectivity index (χ4v) is 5.09. The third-order valence-electron chi connectivity index (χ3n) is 5.85. The van der Waals surface area contributed by atoms with E-state index in [1.807, 2.05) is 22.8 Å². The first-order valence-corrected chi connectivity index (χ1v) is 11.2. The van der Waals surface area contributed by atoms with Gasteiger partial charge in [0, 0.05) is 42.9 Å².